The second-order valence-corrected chi connectivity index (χ2v) is 7.26. The van der Waals surface area contributed by atoms with Gasteiger partial charge in [-0.25, -0.2) is 4.39 Å². The van der Waals surface area contributed by atoms with Crippen LogP contribution in [0.15, 0.2) is 48.5 Å². The van der Waals surface area contributed by atoms with Gasteiger partial charge in [-0.2, -0.15) is 0 Å². The van der Waals surface area contributed by atoms with E-state index in [0.29, 0.717) is 18.7 Å². The molecule has 2 aromatic carbocycles. The monoisotopic (exact) mass is 379 g/mol. The van der Waals surface area contributed by atoms with E-state index in [-0.39, 0.29) is 36.6 Å². The van der Waals surface area contributed by atoms with E-state index >= 15 is 0 Å². The molecule has 0 radical (unpaired) electrons. The Labute approximate surface area is 162 Å². The van der Waals surface area contributed by atoms with E-state index < -0.39 is 0 Å². The highest BCUT2D eigenvalue weighted by Gasteiger charge is 2.26. The molecule has 1 atom stereocenters. The van der Waals surface area contributed by atoms with Gasteiger partial charge in [-0.1, -0.05) is 24.3 Å². The molecule has 4 rings (SSSR count). The summed E-state index contributed by atoms with van der Waals surface area (Å²) in [5.41, 5.74) is 3.32. The lowest BCUT2D eigenvalue weighted by molar-refractivity contribution is -0.134. The van der Waals surface area contributed by atoms with Crippen LogP contribution in [0.2, 0.25) is 0 Å². The van der Waals surface area contributed by atoms with Crippen LogP contribution >= 0.6 is 0 Å². The molecule has 2 amide bonds. The predicted molar refractivity (Wildman–Crippen MR) is 105 cm³/mol. The standard InChI is InChI=1S/C22H22FN3O2/c1-14-10-15-6-7-18(23)11-17(15)13-26(14)21(27)8-9-24-22(28)20-12-16-4-2-3-5-19(16)25-20/h2-7,11-12,14,25H,8-10,13H2,1H3,(H,24,28). The van der Waals surface area contributed by atoms with Crippen molar-refractivity contribution in [2.24, 2.45) is 0 Å². The highest BCUT2D eigenvalue weighted by atomic mass is 19.1. The molecule has 0 spiro atoms. The number of para-hydroxylation sites is 1. The topological polar surface area (TPSA) is 65.2 Å². The molecule has 1 unspecified atom stereocenters. The molecule has 28 heavy (non-hydrogen) atoms. The number of fused-ring (bicyclic) bond motifs is 2. The number of hydrogen-bond acceptors (Lipinski definition) is 2. The lowest BCUT2D eigenvalue weighted by atomic mass is 9.94. The Balaban J connectivity index is 1.34. The first-order valence-electron chi connectivity index (χ1n) is 9.44. The summed E-state index contributed by atoms with van der Waals surface area (Å²) in [5, 5.41) is 3.76. The number of aromatic amines is 1. The fourth-order valence-corrected chi connectivity index (χ4v) is 3.76. The van der Waals surface area contributed by atoms with E-state index in [4.69, 9.17) is 0 Å². The molecular weight excluding hydrogens is 357 g/mol. The maximum Gasteiger partial charge on any atom is 0.267 e. The summed E-state index contributed by atoms with van der Waals surface area (Å²) in [6.07, 6.45) is 0.920. The average Bonchev–Trinajstić information content (AvgIpc) is 3.12. The first-order chi connectivity index (χ1) is 13.5. The second-order valence-electron chi connectivity index (χ2n) is 7.26. The van der Waals surface area contributed by atoms with Crippen molar-refractivity contribution in [2.45, 2.75) is 32.4 Å². The zero-order valence-corrected chi connectivity index (χ0v) is 15.7. The Morgan fingerprint density at radius 2 is 2.00 bits per heavy atom. The smallest absolute Gasteiger partial charge is 0.267 e. The minimum atomic E-state index is -0.286. The van der Waals surface area contributed by atoms with Crippen LogP contribution in [0.3, 0.4) is 0 Å². The molecular formula is C22H22FN3O2. The summed E-state index contributed by atoms with van der Waals surface area (Å²) in [6.45, 7) is 2.66. The molecule has 6 heteroatoms. The van der Waals surface area contributed by atoms with E-state index in [1.807, 2.05) is 31.2 Å². The molecule has 5 nitrogen and oxygen atoms in total. The van der Waals surface area contributed by atoms with Crippen molar-refractivity contribution in [3.8, 4) is 0 Å². The molecule has 144 valence electrons. The Morgan fingerprint density at radius 3 is 2.82 bits per heavy atom. The molecule has 1 aliphatic heterocycles. The van der Waals surface area contributed by atoms with Crippen molar-refractivity contribution in [3.63, 3.8) is 0 Å². The zero-order chi connectivity index (χ0) is 19.7. The highest BCUT2D eigenvalue weighted by molar-refractivity contribution is 5.98. The summed E-state index contributed by atoms with van der Waals surface area (Å²) >= 11 is 0. The van der Waals surface area contributed by atoms with E-state index in [0.717, 1.165) is 22.0 Å². The maximum absolute atomic E-state index is 13.5. The SMILES string of the molecule is CC1Cc2ccc(F)cc2CN1C(=O)CCNC(=O)c1cc2ccccc2[nH]1. The number of carbonyl (C=O) groups excluding carboxylic acids is 2. The number of nitrogens with zero attached hydrogens (tertiary/aromatic N) is 1. The van der Waals surface area contributed by atoms with Crippen LogP contribution in [-0.2, 0) is 17.8 Å². The van der Waals surface area contributed by atoms with Crippen molar-refractivity contribution >= 4 is 22.7 Å². The molecule has 0 saturated carbocycles. The van der Waals surface area contributed by atoms with Gasteiger partial charge >= 0.3 is 0 Å². The summed E-state index contributed by atoms with van der Waals surface area (Å²) in [6, 6.07) is 14.3. The maximum atomic E-state index is 13.5. The lowest BCUT2D eigenvalue weighted by Crippen LogP contribution is -2.43. The second kappa shape index (κ2) is 7.46. The van der Waals surface area contributed by atoms with Crippen molar-refractivity contribution in [3.05, 3.63) is 71.2 Å². The van der Waals surface area contributed by atoms with Gasteiger partial charge in [-0.15, -0.1) is 0 Å². The molecule has 2 heterocycles. The number of amides is 2. The molecule has 0 bridgehead atoms. The lowest BCUT2D eigenvalue weighted by Gasteiger charge is -2.35. The number of halogens is 1. The van der Waals surface area contributed by atoms with Gasteiger partial charge in [0, 0.05) is 36.5 Å². The van der Waals surface area contributed by atoms with Gasteiger partial charge in [0.1, 0.15) is 11.5 Å². The average molecular weight is 379 g/mol. The molecule has 0 fully saturated rings. The number of benzene rings is 2. The normalized spacial score (nSPS) is 16.1. The summed E-state index contributed by atoms with van der Waals surface area (Å²) in [4.78, 5) is 29.8. The van der Waals surface area contributed by atoms with E-state index in [1.54, 1.807) is 17.0 Å². The number of carbonyl (C=O) groups is 2. The van der Waals surface area contributed by atoms with Gasteiger partial charge in [-0.05, 0) is 48.7 Å². The zero-order valence-electron chi connectivity index (χ0n) is 15.7. The quantitative estimate of drug-likeness (QED) is 0.730. The molecule has 2 N–H and O–H groups in total. The highest BCUT2D eigenvalue weighted by Crippen LogP contribution is 2.24. The minimum absolute atomic E-state index is 0.0423. The number of nitrogens with one attached hydrogen (secondary N) is 2. The molecule has 0 aliphatic carbocycles. The molecule has 0 saturated heterocycles. The Morgan fingerprint density at radius 1 is 1.18 bits per heavy atom. The van der Waals surface area contributed by atoms with Crippen LogP contribution in [0, 0.1) is 5.82 Å². The summed E-state index contributed by atoms with van der Waals surface area (Å²) in [5.74, 6) is -0.561. The van der Waals surface area contributed by atoms with Gasteiger partial charge in [-0.3, -0.25) is 9.59 Å². The fraction of sp³-hybridized carbons (Fsp3) is 0.273. The number of aromatic nitrogens is 1. The van der Waals surface area contributed by atoms with Gasteiger partial charge in [0.25, 0.3) is 5.91 Å². The van der Waals surface area contributed by atoms with E-state index in [1.165, 1.54) is 12.1 Å². The third-order valence-electron chi connectivity index (χ3n) is 5.28. The third kappa shape index (κ3) is 3.63. The van der Waals surface area contributed by atoms with Gasteiger partial charge in [0.2, 0.25) is 5.91 Å². The molecule has 1 aliphatic rings. The Hall–Kier alpha value is -3.15. The Kier molecular flexibility index (Phi) is 4.86. The van der Waals surface area contributed by atoms with Gasteiger partial charge < -0.3 is 15.2 Å². The largest absolute Gasteiger partial charge is 0.351 e. The minimum Gasteiger partial charge on any atom is -0.351 e. The first kappa shape index (κ1) is 18.2. The number of H-pyrrole nitrogens is 1. The van der Waals surface area contributed by atoms with Crippen molar-refractivity contribution < 1.29 is 14.0 Å². The summed E-state index contributed by atoms with van der Waals surface area (Å²) in [7, 11) is 0. The number of hydrogen-bond donors (Lipinski definition) is 2. The van der Waals surface area contributed by atoms with Crippen LogP contribution in [0.4, 0.5) is 4.39 Å². The van der Waals surface area contributed by atoms with Crippen LogP contribution in [0.1, 0.15) is 35.0 Å². The van der Waals surface area contributed by atoms with Crippen LogP contribution in [0.25, 0.3) is 10.9 Å². The summed E-state index contributed by atoms with van der Waals surface area (Å²) < 4.78 is 13.5. The van der Waals surface area contributed by atoms with Crippen molar-refractivity contribution in [1.29, 1.82) is 0 Å². The molecule has 3 aromatic rings. The molecule has 1 aromatic heterocycles. The van der Waals surface area contributed by atoms with Crippen molar-refractivity contribution in [2.75, 3.05) is 6.54 Å². The number of rotatable bonds is 4. The first-order valence-corrected chi connectivity index (χ1v) is 9.44. The predicted octanol–water partition coefficient (Wildman–Crippen LogP) is 3.40. The van der Waals surface area contributed by atoms with E-state index in [2.05, 4.69) is 10.3 Å². The third-order valence-corrected chi connectivity index (χ3v) is 5.28. The van der Waals surface area contributed by atoms with Crippen LogP contribution in [0.5, 0.6) is 0 Å². The van der Waals surface area contributed by atoms with E-state index in [9.17, 15) is 14.0 Å². The Bertz CT molecular complexity index is 1010. The van der Waals surface area contributed by atoms with Gasteiger partial charge in [0.15, 0.2) is 0 Å². The van der Waals surface area contributed by atoms with Crippen LogP contribution in [-0.4, -0.2) is 34.3 Å². The fourth-order valence-electron chi connectivity index (χ4n) is 3.76. The van der Waals surface area contributed by atoms with Crippen LogP contribution < -0.4 is 5.32 Å². The van der Waals surface area contributed by atoms with Crippen molar-refractivity contribution in [1.82, 2.24) is 15.2 Å². The van der Waals surface area contributed by atoms with Gasteiger partial charge in [0.05, 0.1) is 0 Å².